The van der Waals surface area contributed by atoms with Crippen LogP contribution in [0.3, 0.4) is 0 Å². The Labute approximate surface area is 180 Å². The number of rotatable bonds is 7. The summed E-state index contributed by atoms with van der Waals surface area (Å²) in [6.07, 6.45) is 0.589. The number of amides is 1. The van der Waals surface area contributed by atoms with E-state index >= 15 is 0 Å². The Hall–Kier alpha value is -2.82. The molecule has 1 amide bonds. The Morgan fingerprint density at radius 2 is 1.40 bits per heavy atom. The molecule has 0 saturated heterocycles. The third kappa shape index (κ3) is 7.90. The summed E-state index contributed by atoms with van der Waals surface area (Å²) in [6.45, 7) is 11.7. The van der Waals surface area contributed by atoms with Gasteiger partial charge in [-0.1, -0.05) is 45.9 Å². The molecule has 5 nitrogen and oxygen atoms in total. The van der Waals surface area contributed by atoms with Gasteiger partial charge in [0.15, 0.2) is 5.78 Å². The van der Waals surface area contributed by atoms with Crippen LogP contribution in [0.2, 0.25) is 0 Å². The van der Waals surface area contributed by atoms with Crippen LogP contribution in [0.25, 0.3) is 0 Å². The molecule has 5 heteroatoms. The average Bonchev–Trinajstić information content (AvgIpc) is 2.69. The van der Waals surface area contributed by atoms with Crippen LogP contribution in [-0.2, 0) is 4.79 Å². The zero-order chi connectivity index (χ0) is 22.8. The van der Waals surface area contributed by atoms with Crippen LogP contribution in [0, 0.1) is 25.7 Å². The molecule has 1 N–H and O–H groups in total. The highest BCUT2D eigenvalue weighted by Gasteiger charge is 2.10. The molecule has 0 aliphatic rings. The molecule has 164 valence electrons. The predicted octanol–water partition coefficient (Wildman–Crippen LogP) is 5.83. The van der Waals surface area contributed by atoms with Crippen molar-refractivity contribution >= 4 is 17.4 Å². The second-order valence-electron chi connectivity index (χ2n) is 8.03. The van der Waals surface area contributed by atoms with Gasteiger partial charge in [-0.3, -0.25) is 9.59 Å². The van der Waals surface area contributed by atoms with Crippen molar-refractivity contribution in [1.29, 1.82) is 0 Å². The average molecular weight is 414 g/mol. The third-order valence-electron chi connectivity index (χ3n) is 4.52. The highest BCUT2D eigenvalue weighted by molar-refractivity contribution is 5.96. The third-order valence-corrected chi connectivity index (χ3v) is 4.52. The molecule has 0 unspecified atom stereocenters. The molecular weight excluding hydrogens is 378 g/mol. The second-order valence-corrected chi connectivity index (χ2v) is 8.03. The standard InChI is InChI=1S/C13H18O2.C12H17NO2/c1-9(2)7-12(14)11-6-5-10(3)13(8-11)15-4;1-8(2)12(14)13-10-6-5-9(3)11(7-10)15-4/h5-6,8-9H,7H2,1-4H3;5-8H,1-4H3,(H,13,14). The van der Waals surface area contributed by atoms with Crippen LogP contribution < -0.4 is 14.8 Å². The minimum Gasteiger partial charge on any atom is -0.496 e. The van der Waals surface area contributed by atoms with Crippen molar-refractivity contribution in [2.75, 3.05) is 19.5 Å². The van der Waals surface area contributed by atoms with Crippen LogP contribution in [0.15, 0.2) is 36.4 Å². The van der Waals surface area contributed by atoms with E-state index in [2.05, 4.69) is 5.32 Å². The number of methoxy groups -OCH3 is 2. The summed E-state index contributed by atoms with van der Waals surface area (Å²) in [4.78, 5) is 23.2. The zero-order valence-corrected chi connectivity index (χ0v) is 19.5. The molecule has 0 bridgehead atoms. The molecule has 0 spiro atoms. The first kappa shape index (κ1) is 25.2. The smallest absolute Gasteiger partial charge is 0.226 e. The Morgan fingerprint density at radius 1 is 0.867 bits per heavy atom. The quantitative estimate of drug-likeness (QED) is 0.580. The van der Waals surface area contributed by atoms with E-state index in [0.29, 0.717) is 12.3 Å². The maximum Gasteiger partial charge on any atom is 0.226 e. The maximum absolute atomic E-state index is 11.8. The Bertz CT molecular complexity index is 856. The van der Waals surface area contributed by atoms with E-state index in [1.165, 1.54) is 0 Å². The van der Waals surface area contributed by atoms with Crippen LogP contribution in [0.4, 0.5) is 5.69 Å². The number of anilines is 1. The van der Waals surface area contributed by atoms with Gasteiger partial charge >= 0.3 is 0 Å². The van der Waals surface area contributed by atoms with Crippen LogP contribution in [-0.4, -0.2) is 25.9 Å². The first-order valence-electron chi connectivity index (χ1n) is 10.2. The lowest BCUT2D eigenvalue weighted by molar-refractivity contribution is -0.118. The van der Waals surface area contributed by atoms with Gasteiger partial charge in [-0.25, -0.2) is 0 Å². The fraction of sp³-hybridized carbons (Fsp3) is 0.440. The molecule has 0 atom stereocenters. The summed E-state index contributed by atoms with van der Waals surface area (Å²) in [6, 6.07) is 11.2. The maximum atomic E-state index is 11.8. The number of ketones is 1. The van der Waals surface area contributed by atoms with Gasteiger partial charge in [0.05, 0.1) is 14.2 Å². The van der Waals surface area contributed by atoms with Crippen molar-refractivity contribution in [3.05, 3.63) is 53.1 Å². The number of benzene rings is 2. The number of carbonyl (C=O) groups is 2. The van der Waals surface area contributed by atoms with Crippen molar-refractivity contribution < 1.29 is 19.1 Å². The molecule has 0 aliphatic carbocycles. The lowest BCUT2D eigenvalue weighted by atomic mass is 10.00. The Morgan fingerprint density at radius 3 is 1.90 bits per heavy atom. The van der Waals surface area contributed by atoms with E-state index in [-0.39, 0.29) is 17.6 Å². The first-order chi connectivity index (χ1) is 14.1. The van der Waals surface area contributed by atoms with Gasteiger partial charge in [0.2, 0.25) is 5.91 Å². The van der Waals surface area contributed by atoms with Crippen LogP contribution in [0.1, 0.15) is 55.6 Å². The number of hydrogen-bond donors (Lipinski definition) is 1. The van der Waals surface area contributed by atoms with Gasteiger partial charge in [-0.2, -0.15) is 0 Å². The largest absolute Gasteiger partial charge is 0.496 e. The minimum atomic E-state index is -0.0164. The van der Waals surface area contributed by atoms with E-state index in [9.17, 15) is 9.59 Å². The van der Waals surface area contributed by atoms with E-state index < -0.39 is 0 Å². The predicted molar refractivity (Wildman–Crippen MR) is 123 cm³/mol. The molecule has 0 fully saturated rings. The van der Waals surface area contributed by atoms with Crippen molar-refractivity contribution in [1.82, 2.24) is 0 Å². The van der Waals surface area contributed by atoms with Gasteiger partial charge in [-0.05, 0) is 43.0 Å². The lowest BCUT2D eigenvalue weighted by Gasteiger charge is -2.10. The Kier molecular flexibility index (Phi) is 10.1. The molecule has 0 heterocycles. The van der Waals surface area contributed by atoms with E-state index in [4.69, 9.17) is 9.47 Å². The van der Waals surface area contributed by atoms with Crippen molar-refractivity contribution in [3.8, 4) is 11.5 Å². The number of carbonyl (C=O) groups excluding carboxylic acids is 2. The monoisotopic (exact) mass is 413 g/mol. The summed E-state index contributed by atoms with van der Waals surface area (Å²) in [7, 11) is 3.25. The molecule has 2 aromatic carbocycles. The number of nitrogens with one attached hydrogen (secondary N) is 1. The van der Waals surface area contributed by atoms with E-state index in [0.717, 1.165) is 33.9 Å². The highest BCUT2D eigenvalue weighted by atomic mass is 16.5. The molecule has 0 radical (unpaired) electrons. The molecule has 0 saturated carbocycles. The molecule has 2 aromatic rings. The zero-order valence-electron chi connectivity index (χ0n) is 19.5. The van der Waals surface area contributed by atoms with E-state index in [1.54, 1.807) is 14.2 Å². The van der Waals surface area contributed by atoms with Gasteiger partial charge in [0.25, 0.3) is 0 Å². The summed E-state index contributed by atoms with van der Waals surface area (Å²) < 4.78 is 10.4. The normalized spacial score (nSPS) is 10.3. The summed E-state index contributed by atoms with van der Waals surface area (Å²) in [5, 5.41) is 2.82. The molecule has 0 aliphatic heterocycles. The number of ether oxygens (including phenoxy) is 2. The highest BCUT2D eigenvalue weighted by Crippen LogP contribution is 2.22. The molecule has 0 aromatic heterocycles. The fourth-order valence-corrected chi connectivity index (χ4v) is 2.67. The molecule has 2 rings (SSSR count). The topological polar surface area (TPSA) is 64.6 Å². The Balaban J connectivity index is 0.000000300. The van der Waals surface area contributed by atoms with Gasteiger partial charge in [-0.15, -0.1) is 0 Å². The van der Waals surface area contributed by atoms with Crippen molar-refractivity contribution in [2.24, 2.45) is 11.8 Å². The molecule has 30 heavy (non-hydrogen) atoms. The molecular formula is C25H35NO4. The van der Waals surface area contributed by atoms with E-state index in [1.807, 2.05) is 77.9 Å². The minimum absolute atomic E-state index is 0.0147. The summed E-state index contributed by atoms with van der Waals surface area (Å²) in [5.41, 5.74) is 3.63. The second kappa shape index (κ2) is 12.0. The van der Waals surface area contributed by atoms with Gasteiger partial charge in [0, 0.05) is 29.7 Å². The number of Topliss-reactive ketones (excluding diaryl/α,β-unsaturated/α-hetero) is 1. The van der Waals surface area contributed by atoms with Crippen molar-refractivity contribution in [3.63, 3.8) is 0 Å². The summed E-state index contributed by atoms with van der Waals surface area (Å²) >= 11 is 0. The SMILES string of the molecule is COc1cc(C(=O)CC(C)C)ccc1C.COc1cc(NC(=O)C(C)C)ccc1C. The van der Waals surface area contributed by atoms with Gasteiger partial charge in [0.1, 0.15) is 11.5 Å². The van der Waals surface area contributed by atoms with Crippen LogP contribution >= 0.6 is 0 Å². The first-order valence-corrected chi connectivity index (χ1v) is 10.2. The number of hydrogen-bond acceptors (Lipinski definition) is 4. The number of aryl methyl sites for hydroxylation is 2. The fourth-order valence-electron chi connectivity index (χ4n) is 2.67. The lowest BCUT2D eigenvalue weighted by Crippen LogP contribution is -2.17. The summed E-state index contributed by atoms with van der Waals surface area (Å²) in [5.74, 6) is 2.15. The van der Waals surface area contributed by atoms with Crippen LogP contribution in [0.5, 0.6) is 11.5 Å². The van der Waals surface area contributed by atoms with Gasteiger partial charge < -0.3 is 14.8 Å². The van der Waals surface area contributed by atoms with Crippen molar-refractivity contribution in [2.45, 2.75) is 48.0 Å².